The van der Waals surface area contributed by atoms with Crippen LogP contribution in [0.3, 0.4) is 0 Å². The molecule has 1 saturated heterocycles. The summed E-state index contributed by atoms with van der Waals surface area (Å²) in [4.78, 5) is 51.1. The largest absolute Gasteiger partial charge is 0.382 e. The number of epoxide rings is 1. The Hall–Kier alpha value is -2.83. The number of hydrogen-bond donors (Lipinski definition) is 3. The minimum absolute atomic E-state index is 0.00316. The smallest absolute Gasteiger partial charge is 0.274 e. The number of nitrogens with zero attached hydrogens (tertiary/aromatic N) is 1. The first-order valence-electron chi connectivity index (χ1n) is 11.0. The van der Waals surface area contributed by atoms with Gasteiger partial charge in [0.05, 0.1) is 25.9 Å². The molecule has 2 rings (SSSR count). The van der Waals surface area contributed by atoms with E-state index in [1.807, 2.05) is 13.8 Å². The molecule has 12 heteroatoms. The summed E-state index contributed by atoms with van der Waals surface area (Å²) in [5.41, 5.74) is -0.899. The maximum atomic E-state index is 13.0. The van der Waals surface area contributed by atoms with Gasteiger partial charge in [0, 0.05) is 20.3 Å². The molecule has 2 heterocycles. The van der Waals surface area contributed by atoms with Gasteiger partial charge in [0.15, 0.2) is 11.5 Å². The maximum absolute atomic E-state index is 13.0. The molecule has 4 atom stereocenters. The first-order valence-corrected chi connectivity index (χ1v) is 11.0. The molecule has 0 aliphatic carbocycles. The number of hydrogen-bond acceptors (Lipinski definition) is 9. The third-order valence-corrected chi connectivity index (χ3v) is 5.22. The van der Waals surface area contributed by atoms with Crippen LogP contribution in [-0.2, 0) is 28.6 Å². The van der Waals surface area contributed by atoms with Gasteiger partial charge in [-0.05, 0) is 26.2 Å². The SMILES string of the molecule is COC[C@H](NC(=O)c1cc(C)on1)C(=O)N[C@@H](COC)C(=O)N[C@@H](CC(C)C)C(=O)[C@@]1(C)CO1. The van der Waals surface area contributed by atoms with Crippen molar-refractivity contribution in [2.24, 2.45) is 5.92 Å². The van der Waals surface area contributed by atoms with Gasteiger partial charge >= 0.3 is 0 Å². The summed E-state index contributed by atoms with van der Waals surface area (Å²) in [5.74, 6) is -1.55. The van der Waals surface area contributed by atoms with Crippen molar-refractivity contribution in [3.05, 3.63) is 17.5 Å². The lowest BCUT2D eigenvalue weighted by atomic mass is 9.93. The van der Waals surface area contributed by atoms with Gasteiger partial charge in [-0.25, -0.2) is 0 Å². The van der Waals surface area contributed by atoms with Gasteiger partial charge in [-0.1, -0.05) is 19.0 Å². The van der Waals surface area contributed by atoms with Gasteiger partial charge in [0.2, 0.25) is 11.8 Å². The lowest BCUT2D eigenvalue weighted by Gasteiger charge is -2.26. The molecular formula is C22H34N4O8. The highest BCUT2D eigenvalue weighted by Gasteiger charge is 2.50. The number of carbonyl (C=O) groups excluding carboxylic acids is 4. The van der Waals surface area contributed by atoms with Crippen molar-refractivity contribution in [1.29, 1.82) is 0 Å². The van der Waals surface area contributed by atoms with Crippen LogP contribution in [0.4, 0.5) is 0 Å². The highest BCUT2D eigenvalue weighted by Crippen LogP contribution is 2.29. The molecule has 1 aliphatic heterocycles. The van der Waals surface area contributed by atoms with Crippen LogP contribution in [0.15, 0.2) is 10.6 Å². The third-order valence-electron chi connectivity index (χ3n) is 5.22. The summed E-state index contributed by atoms with van der Waals surface area (Å²) in [6, 6.07) is -1.58. The molecule has 34 heavy (non-hydrogen) atoms. The molecule has 0 spiro atoms. The zero-order chi connectivity index (χ0) is 25.5. The van der Waals surface area contributed by atoms with Crippen LogP contribution in [0.25, 0.3) is 0 Å². The van der Waals surface area contributed by atoms with Gasteiger partial charge in [-0.15, -0.1) is 0 Å². The van der Waals surface area contributed by atoms with Crippen molar-refractivity contribution in [2.45, 2.75) is 57.8 Å². The fourth-order valence-electron chi connectivity index (χ4n) is 3.27. The van der Waals surface area contributed by atoms with E-state index in [1.54, 1.807) is 13.8 Å². The molecule has 12 nitrogen and oxygen atoms in total. The predicted octanol–water partition coefficient (Wildman–Crippen LogP) is -0.252. The summed E-state index contributed by atoms with van der Waals surface area (Å²) in [6.07, 6.45) is 0.413. The van der Waals surface area contributed by atoms with E-state index in [9.17, 15) is 19.2 Å². The van der Waals surface area contributed by atoms with Crippen molar-refractivity contribution < 1.29 is 37.9 Å². The van der Waals surface area contributed by atoms with Crippen LogP contribution in [0.1, 0.15) is 43.4 Å². The second kappa shape index (κ2) is 12.0. The van der Waals surface area contributed by atoms with Crippen molar-refractivity contribution >= 4 is 23.5 Å². The molecule has 0 aromatic carbocycles. The van der Waals surface area contributed by atoms with E-state index in [1.165, 1.54) is 20.3 Å². The number of amides is 3. The van der Waals surface area contributed by atoms with Crippen LogP contribution in [-0.4, -0.2) is 86.4 Å². The highest BCUT2D eigenvalue weighted by molar-refractivity contribution is 5.99. The second-order valence-corrected chi connectivity index (χ2v) is 8.90. The summed E-state index contributed by atoms with van der Waals surface area (Å²) >= 11 is 0. The molecule has 3 N–H and O–H groups in total. The molecule has 0 radical (unpaired) electrons. The number of ether oxygens (including phenoxy) is 3. The highest BCUT2D eigenvalue weighted by atomic mass is 16.6. The summed E-state index contributed by atoms with van der Waals surface area (Å²) < 4.78 is 20.3. The summed E-state index contributed by atoms with van der Waals surface area (Å²) in [6.45, 7) is 7.18. The number of carbonyl (C=O) groups is 4. The van der Waals surface area contributed by atoms with Gasteiger partial charge in [0.1, 0.15) is 23.4 Å². The van der Waals surface area contributed by atoms with Gasteiger partial charge < -0.3 is 34.7 Å². The van der Waals surface area contributed by atoms with Crippen LogP contribution >= 0.6 is 0 Å². The first kappa shape index (κ1) is 27.4. The van der Waals surface area contributed by atoms with Crippen LogP contribution in [0, 0.1) is 12.8 Å². The van der Waals surface area contributed by atoms with Crippen molar-refractivity contribution in [3.8, 4) is 0 Å². The lowest BCUT2D eigenvalue weighted by Crippen LogP contribution is -2.58. The number of aryl methyl sites for hydroxylation is 1. The molecule has 0 bridgehead atoms. The topological polar surface area (TPSA) is 161 Å². The molecular weight excluding hydrogens is 448 g/mol. The van der Waals surface area contributed by atoms with Crippen molar-refractivity contribution in [1.82, 2.24) is 21.1 Å². The summed E-state index contributed by atoms with van der Waals surface area (Å²) in [7, 11) is 2.75. The van der Waals surface area contributed by atoms with E-state index >= 15 is 0 Å². The molecule has 3 amide bonds. The Morgan fingerprint density at radius 3 is 2.00 bits per heavy atom. The number of ketones is 1. The van der Waals surface area contributed by atoms with E-state index in [0.717, 1.165) is 0 Å². The minimum atomic E-state index is -1.12. The van der Waals surface area contributed by atoms with E-state index in [0.29, 0.717) is 18.8 Å². The quantitative estimate of drug-likeness (QED) is 0.304. The Morgan fingerprint density at radius 2 is 1.56 bits per heavy atom. The molecule has 1 aliphatic rings. The van der Waals surface area contributed by atoms with E-state index in [-0.39, 0.29) is 30.6 Å². The Labute approximate surface area is 198 Å². The van der Waals surface area contributed by atoms with E-state index < -0.39 is 41.4 Å². The lowest BCUT2D eigenvalue weighted by molar-refractivity contribution is -0.134. The molecule has 0 unspecified atom stereocenters. The normalized spacial score (nSPS) is 19.7. The molecule has 190 valence electrons. The molecule has 1 fully saturated rings. The molecule has 0 saturated carbocycles. The van der Waals surface area contributed by atoms with Crippen molar-refractivity contribution in [3.63, 3.8) is 0 Å². The Morgan fingerprint density at radius 1 is 1.03 bits per heavy atom. The standard InChI is InChI=1S/C22H34N4O8/c1-12(2)7-14(18(27)22(4)11-33-22)23-20(29)16(9-31-5)25-21(30)17(10-32-6)24-19(28)15-8-13(3)34-26-15/h8,12,14,16-17H,7,9-11H2,1-6H3,(H,23,29)(H,24,28)(H,25,30)/t14-,16-,17-,22+/m0/s1. The zero-order valence-corrected chi connectivity index (χ0v) is 20.4. The monoisotopic (exact) mass is 482 g/mol. The minimum Gasteiger partial charge on any atom is -0.382 e. The average Bonchev–Trinajstić information content (AvgIpc) is 3.37. The third kappa shape index (κ3) is 7.61. The molecule has 1 aromatic rings. The van der Waals surface area contributed by atoms with E-state index in [2.05, 4.69) is 21.1 Å². The number of aromatic nitrogens is 1. The van der Waals surface area contributed by atoms with Gasteiger partial charge in [-0.2, -0.15) is 0 Å². The number of Topliss-reactive ketones (excluding diaryl/α,β-unsaturated/α-hetero) is 1. The van der Waals surface area contributed by atoms with Crippen LogP contribution < -0.4 is 16.0 Å². The number of methoxy groups -OCH3 is 2. The number of rotatable bonds is 14. The Kier molecular flexibility index (Phi) is 9.71. The average molecular weight is 483 g/mol. The number of nitrogens with one attached hydrogen (secondary N) is 3. The fourth-order valence-corrected chi connectivity index (χ4v) is 3.27. The molecule has 1 aromatic heterocycles. The Bertz CT molecular complexity index is 880. The van der Waals surface area contributed by atoms with Gasteiger partial charge in [-0.3, -0.25) is 19.2 Å². The Balaban J connectivity index is 2.08. The maximum Gasteiger partial charge on any atom is 0.274 e. The van der Waals surface area contributed by atoms with Crippen LogP contribution in [0.5, 0.6) is 0 Å². The van der Waals surface area contributed by atoms with Crippen LogP contribution in [0.2, 0.25) is 0 Å². The zero-order valence-electron chi connectivity index (χ0n) is 20.4. The van der Waals surface area contributed by atoms with Crippen molar-refractivity contribution in [2.75, 3.05) is 34.0 Å². The summed E-state index contributed by atoms with van der Waals surface area (Å²) in [5, 5.41) is 11.4. The van der Waals surface area contributed by atoms with E-state index in [4.69, 9.17) is 18.7 Å². The first-order chi connectivity index (χ1) is 16.0. The van der Waals surface area contributed by atoms with Gasteiger partial charge in [0.25, 0.3) is 5.91 Å². The predicted molar refractivity (Wildman–Crippen MR) is 119 cm³/mol. The second-order valence-electron chi connectivity index (χ2n) is 8.90. The fraction of sp³-hybridized carbons (Fsp3) is 0.682.